The maximum atomic E-state index is 12.9. The van der Waals surface area contributed by atoms with E-state index < -0.39 is 5.82 Å². The van der Waals surface area contributed by atoms with Crippen LogP contribution in [-0.2, 0) is 14.3 Å². The fourth-order valence-electron chi connectivity index (χ4n) is 1.88. The average Bonchev–Trinajstić information content (AvgIpc) is 2.87. The number of nitrogen functional groups attached to an aromatic ring is 1. The van der Waals surface area contributed by atoms with E-state index in [9.17, 15) is 9.18 Å². The molecule has 1 aliphatic rings. The summed E-state index contributed by atoms with van der Waals surface area (Å²) in [6.45, 7) is 1.12. The van der Waals surface area contributed by atoms with Gasteiger partial charge in [-0.05, 0) is 31.0 Å². The molecule has 0 bridgehead atoms. The molecular formula is C13H17FN2O3. The highest BCUT2D eigenvalue weighted by atomic mass is 19.1. The summed E-state index contributed by atoms with van der Waals surface area (Å²) in [6, 6.07) is 4.02. The lowest BCUT2D eigenvalue weighted by Gasteiger charge is -2.10. The van der Waals surface area contributed by atoms with Crippen molar-refractivity contribution in [2.75, 3.05) is 30.9 Å². The Bertz CT molecular complexity index is 448. The number of ether oxygens (including phenoxy) is 2. The second-order valence-electron chi connectivity index (χ2n) is 4.43. The van der Waals surface area contributed by atoms with Crippen LogP contribution in [0.3, 0.4) is 0 Å². The van der Waals surface area contributed by atoms with Crippen LogP contribution in [0.15, 0.2) is 18.2 Å². The minimum atomic E-state index is -0.507. The van der Waals surface area contributed by atoms with Crippen LogP contribution in [0.2, 0.25) is 0 Å². The highest BCUT2D eigenvalue weighted by Crippen LogP contribution is 2.16. The lowest BCUT2D eigenvalue weighted by atomic mass is 10.2. The number of hydrogen-bond donors (Lipinski definition) is 2. The van der Waals surface area contributed by atoms with Gasteiger partial charge in [0.15, 0.2) is 0 Å². The predicted molar refractivity (Wildman–Crippen MR) is 69.2 cm³/mol. The van der Waals surface area contributed by atoms with E-state index in [1.165, 1.54) is 18.2 Å². The van der Waals surface area contributed by atoms with E-state index in [2.05, 4.69) is 5.32 Å². The zero-order valence-electron chi connectivity index (χ0n) is 10.5. The Labute approximate surface area is 110 Å². The molecule has 1 atom stereocenters. The second kappa shape index (κ2) is 6.49. The zero-order chi connectivity index (χ0) is 13.7. The topological polar surface area (TPSA) is 73.6 Å². The molecule has 6 heteroatoms. The number of carbonyl (C=O) groups is 1. The number of rotatable bonds is 5. The summed E-state index contributed by atoms with van der Waals surface area (Å²) in [5.74, 6) is -0.809. The van der Waals surface area contributed by atoms with Gasteiger partial charge in [-0.2, -0.15) is 0 Å². The lowest BCUT2D eigenvalue weighted by molar-refractivity contribution is -0.121. The molecule has 0 spiro atoms. The monoisotopic (exact) mass is 268 g/mol. The molecule has 0 aliphatic carbocycles. The summed E-state index contributed by atoms with van der Waals surface area (Å²) in [7, 11) is 0. The summed E-state index contributed by atoms with van der Waals surface area (Å²) < 4.78 is 23.6. The van der Waals surface area contributed by atoms with E-state index >= 15 is 0 Å². The highest BCUT2D eigenvalue weighted by molar-refractivity contribution is 5.92. The third-order valence-electron chi connectivity index (χ3n) is 2.84. The Kier molecular flexibility index (Phi) is 4.70. The Morgan fingerprint density at radius 2 is 2.42 bits per heavy atom. The molecule has 19 heavy (non-hydrogen) atoms. The van der Waals surface area contributed by atoms with Gasteiger partial charge >= 0.3 is 0 Å². The minimum Gasteiger partial charge on any atom is -0.396 e. The molecule has 1 fully saturated rings. The van der Waals surface area contributed by atoms with Crippen LogP contribution >= 0.6 is 0 Å². The molecule has 1 aliphatic heterocycles. The van der Waals surface area contributed by atoms with Gasteiger partial charge in [0.1, 0.15) is 12.4 Å². The maximum absolute atomic E-state index is 12.9. The molecule has 0 saturated carbocycles. The van der Waals surface area contributed by atoms with Gasteiger partial charge in [0.25, 0.3) is 0 Å². The molecule has 1 amide bonds. The van der Waals surface area contributed by atoms with Gasteiger partial charge < -0.3 is 20.5 Å². The van der Waals surface area contributed by atoms with Crippen molar-refractivity contribution in [3.63, 3.8) is 0 Å². The third-order valence-corrected chi connectivity index (χ3v) is 2.84. The molecular weight excluding hydrogens is 251 g/mol. The predicted octanol–water partition coefficient (Wildman–Crippen LogP) is 1.54. The average molecular weight is 268 g/mol. The molecule has 104 valence electrons. The fourth-order valence-corrected chi connectivity index (χ4v) is 1.88. The van der Waals surface area contributed by atoms with Gasteiger partial charge in [-0.3, -0.25) is 4.79 Å². The zero-order valence-corrected chi connectivity index (χ0v) is 10.5. The largest absolute Gasteiger partial charge is 0.396 e. The third kappa shape index (κ3) is 4.18. The quantitative estimate of drug-likeness (QED) is 0.794. The Morgan fingerprint density at radius 1 is 1.58 bits per heavy atom. The molecule has 1 aromatic rings. The van der Waals surface area contributed by atoms with Crippen LogP contribution in [0.1, 0.15) is 12.8 Å². The van der Waals surface area contributed by atoms with E-state index in [1.54, 1.807) is 0 Å². The van der Waals surface area contributed by atoms with Gasteiger partial charge in [-0.25, -0.2) is 4.39 Å². The summed E-state index contributed by atoms with van der Waals surface area (Å²) in [4.78, 5) is 11.6. The molecule has 5 nitrogen and oxygen atoms in total. The summed E-state index contributed by atoms with van der Waals surface area (Å²) >= 11 is 0. The van der Waals surface area contributed by atoms with Crippen molar-refractivity contribution >= 4 is 17.3 Å². The van der Waals surface area contributed by atoms with E-state index in [1.807, 2.05) is 0 Å². The van der Waals surface area contributed by atoms with Gasteiger partial charge in [0.05, 0.1) is 18.4 Å². The number of nitrogens with one attached hydrogen (secondary N) is 1. The van der Waals surface area contributed by atoms with E-state index in [0.29, 0.717) is 12.3 Å². The van der Waals surface area contributed by atoms with Crippen molar-refractivity contribution in [1.29, 1.82) is 0 Å². The first kappa shape index (κ1) is 13.8. The van der Waals surface area contributed by atoms with Crippen LogP contribution in [0, 0.1) is 5.82 Å². The Hall–Kier alpha value is -1.66. The number of halogens is 1. The van der Waals surface area contributed by atoms with Crippen molar-refractivity contribution in [2.45, 2.75) is 18.9 Å². The molecule has 2 rings (SSSR count). The van der Waals surface area contributed by atoms with Gasteiger partial charge in [0.2, 0.25) is 5.91 Å². The summed E-state index contributed by atoms with van der Waals surface area (Å²) in [6.07, 6.45) is 2.10. The number of nitrogens with two attached hydrogens (primary N) is 1. The lowest BCUT2D eigenvalue weighted by Crippen LogP contribution is -2.22. The molecule has 1 heterocycles. The fraction of sp³-hybridized carbons (Fsp3) is 0.462. The number of benzene rings is 1. The molecule has 1 aromatic carbocycles. The van der Waals surface area contributed by atoms with Gasteiger partial charge in [-0.15, -0.1) is 0 Å². The van der Waals surface area contributed by atoms with Crippen LogP contribution in [0.4, 0.5) is 15.8 Å². The van der Waals surface area contributed by atoms with Crippen LogP contribution in [0.5, 0.6) is 0 Å². The number of amides is 1. The van der Waals surface area contributed by atoms with Gasteiger partial charge in [0, 0.05) is 12.3 Å². The Morgan fingerprint density at radius 3 is 3.11 bits per heavy atom. The van der Waals surface area contributed by atoms with Crippen molar-refractivity contribution in [1.82, 2.24) is 0 Å². The number of carbonyl (C=O) groups excluding carboxylic acids is 1. The van der Waals surface area contributed by atoms with Crippen molar-refractivity contribution in [3.05, 3.63) is 24.0 Å². The maximum Gasteiger partial charge on any atom is 0.250 e. The molecule has 0 radical (unpaired) electrons. The standard InChI is InChI=1S/C13H17FN2O3/c14-11-4-3-9(6-12(11)15)16-13(17)8-18-7-10-2-1-5-19-10/h3-4,6,10H,1-2,5,7-8,15H2,(H,16,17). The first-order valence-electron chi connectivity index (χ1n) is 6.19. The van der Waals surface area contributed by atoms with Crippen LogP contribution in [-0.4, -0.2) is 31.8 Å². The summed E-state index contributed by atoms with van der Waals surface area (Å²) in [5.41, 5.74) is 5.85. The normalized spacial score (nSPS) is 18.5. The van der Waals surface area contributed by atoms with E-state index in [-0.39, 0.29) is 24.3 Å². The SMILES string of the molecule is Nc1cc(NC(=O)COCC2CCCO2)ccc1F. The van der Waals surface area contributed by atoms with Crippen molar-refractivity contribution < 1.29 is 18.7 Å². The van der Waals surface area contributed by atoms with E-state index in [0.717, 1.165) is 19.4 Å². The first-order valence-corrected chi connectivity index (χ1v) is 6.19. The second-order valence-corrected chi connectivity index (χ2v) is 4.43. The smallest absolute Gasteiger partial charge is 0.250 e. The Balaban J connectivity index is 1.72. The first-order chi connectivity index (χ1) is 9.15. The minimum absolute atomic E-state index is 0.00178. The van der Waals surface area contributed by atoms with Crippen LogP contribution < -0.4 is 11.1 Å². The number of anilines is 2. The highest BCUT2D eigenvalue weighted by Gasteiger charge is 2.16. The molecule has 0 aromatic heterocycles. The molecule has 3 N–H and O–H groups in total. The van der Waals surface area contributed by atoms with E-state index in [4.69, 9.17) is 15.2 Å². The number of hydrogen-bond acceptors (Lipinski definition) is 4. The van der Waals surface area contributed by atoms with Crippen molar-refractivity contribution in [2.24, 2.45) is 0 Å². The molecule has 1 saturated heterocycles. The van der Waals surface area contributed by atoms with Crippen molar-refractivity contribution in [3.8, 4) is 0 Å². The van der Waals surface area contributed by atoms with Gasteiger partial charge in [-0.1, -0.05) is 0 Å². The van der Waals surface area contributed by atoms with Crippen LogP contribution in [0.25, 0.3) is 0 Å². The summed E-state index contributed by atoms with van der Waals surface area (Å²) in [5, 5.41) is 2.58. The molecule has 1 unspecified atom stereocenters.